The van der Waals surface area contributed by atoms with Crippen LogP contribution < -0.4 is 5.32 Å². The predicted octanol–water partition coefficient (Wildman–Crippen LogP) is 5.11. The zero-order valence-electron chi connectivity index (χ0n) is 11.1. The molecule has 0 radical (unpaired) electrons. The van der Waals surface area contributed by atoms with Gasteiger partial charge in [0.25, 0.3) is 0 Å². The highest BCUT2D eigenvalue weighted by Crippen LogP contribution is 2.32. The molecule has 2 aromatic rings. The zero-order chi connectivity index (χ0) is 13.8. The van der Waals surface area contributed by atoms with Crippen LogP contribution in [0.2, 0.25) is 5.02 Å². The minimum atomic E-state index is 0.121. The Labute approximate surface area is 128 Å². The molecule has 0 heterocycles. The first-order valence-corrected chi connectivity index (χ1v) is 7.55. The lowest BCUT2D eigenvalue weighted by atomic mass is 9.95. The highest BCUT2D eigenvalue weighted by atomic mass is 79.9. The van der Waals surface area contributed by atoms with E-state index in [2.05, 4.69) is 59.4 Å². The summed E-state index contributed by atoms with van der Waals surface area (Å²) in [5.41, 5.74) is 3.62. The van der Waals surface area contributed by atoms with Gasteiger partial charge in [0.15, 0.2) is 0 Å². The van der Waals surface area contributed by atoms with E-state index in [1.165, 1.54) is 11.1 Å². The maximum Gasteiger partial charge on any atom is 0.0594 e. The summed E-state index contributed by atoms with van der Waals surface area (Å²) < 4.78 is 1.12. The van der Waals surface area contributed by atoms with Crippen LogP contribution in [0.1, 0.15) is 29.7 Å². The highest BCUT2D eigenvalue weighted by Gasteiger charge is 2.18. The van der Waals surface area contributed by atoms with Crippen LogP contribution in [0.5, 0.6) is 0 Å². The van der Waals surface area contributed by atoms with Crippen LogP contribution in [0.4, 0.5) is 0 Å². The second kappa shape index (κ2) is 6.56. The minimum Gasteiger partial charge on any atom is -0.306 e. The fourth-order valence-corrected chi connectivity index (χ4v) is 2.86. The lowest BCUT2D eigenvalue weighted by Crippen LogP contribution is -2.23. The Morgan fingerprint density at radius 3 is 2.47 bits per heavy atom. The lowest BCUT2D eigenvalue weighted by molar-refractivity contribution is 0.627. The molecule has 0 aliphatic rings. The normalized spacial score (nSPS) is 12.4. The lowest BCUT2D eigenvalue weighted by Gasteiger charge is -2.22. The van der Waals surface area contributed by atoms with E-state index in [-0.39, 0.29) is 6.04 Å². The molecule has 0 amide bonds. The molecule has 0 spiro atoms. The molecule has 2 aromatic carbocycles. The molecule has 1 nitrogen and oxygen atoms in total. The van der Waals surface area contributed by atoms with Crippen molar-refractivity contribution >= 4 is 27.5 Å². The second-order valence-electron chi connectivity index (χ2n) is 4.47. The Kier molecular flexibility index (Phi) is 5.03. The molecule has 1 unspecified atom stereocenters. The Hall–Kier alpha value is -0.830. The Bertz CT molecular complexity index is 568. The van der Waals surface area contributed by atoms with Gasteiger partial charge in [-0.2, -0.15) is 0 Å². The van der Waals surface area contributed by atoms with E-state index < -0.39 is 0 Å². The monoisotopic (exact) mass is 337 g/mol. The average Bonchev–Trinajstić information content (AvgIpc) is 2.41. The predicted molar refractivity (Wildman–Crippen MR) is 85.9 cm³/mol. The zero-order valence-corrected chi connectivity index (χ0v) is 13.4. The summed E-state index contributed by atoms with van der Waals surface area (Å²) in [5, 5.41) is 4.32. The van der Waals surface area contributed by atoms with Crippen molar-refractivity contribution < 1.29 is 0 Å². The van der Waals surface area contributed by atoms with Crippen molar-refractivity contribution in [3.05, 3.63) is 68.7 Å². The fourth-order valence-electron chi connectivity index (χ4n) is 2.24. The van der Waals surface area contributed by atoms with Crippen molar-refractivity contribution in [2.24, 2.45) is 0 Å². The van der Waals surface area contributed by atoms with Gasteiger partial charge in [-0.15, -0.1) is 0 Å². The summed E-state index contributed by atoms with van der Waals surface area (Å²) in [6.45, 7) is 5.12. The summed E-state index contributed by atoms with van der Waals surface area (Å²) in [6.07, 6.45) is 0. The van der Waals surface area contributed by atoms with Gasteiger partial charge in [-0.1, -0.05) is 64.8 Å². The van der Waals surface area contributed by atoms with E-state index >= 15 is 0 Å². The molecular weight excluding hydrogens is 322 g/mol. The number of rotatable bonds is 4. The van der Waals surface area contributed by atoms with Crippen molar-refractivity contribution in [3.8, 4) is 0 Å². The fraction of sp³-hybridized carbons (Fsp3) is 0.250. The van der Waals surface area contributed by atoms with Gasteiger partial charge in [0.2, 0.25) is 0 Å². The number of benzene rings is 2. The molecule has 0 saturated carbocycles. The van der Waals surface area contributed by atoms with Crippen LogP contribution in [0.3, 0.4) is 0 Å². The summed E-state index contributed by atoms with van der Waals surface area (Å²) in [7, 11) is 0. The van der Waals surface area contributed by atoms with Crippen LogP contribution in [-0.2, 0) is 0 Å². The minimum absolute atomic E-state index is 0.121. The number of hydrogen-bond acceptors (Lipinski definition) is 1. The van der Waals surface area contributed by atoms with Gasteiger partial charge >= 0.3 is 0 Å². The van der Waals surface area contributed by atoms with Crippen molar-refractivity contribution in [2.45, 2.75) is 19.9 Å². The van der Waals surface area contributed by atoms with Gasteiger partial charge in [0.05, 0.1) is 6.04 Å². The standard InChI is InChI=1S/C16H17BrClN/c1-3-19-16(13-7-4-5-10-15(13)18)12-8-6-9-14(17)11(12)2/h4-10,16,19H,3H2,1-2H3. The molecule has 3 heteroatoms. The van der Waals surface area contributed by atoms with Crippen LogP contribution in [0.25, 0.3) is 0 Å². The summed E-state index contributed by atoms with van der Waals surface area (Å²) in [6, 6.07) is 14.4. The molecule has 1 atom stereocenters. The van der Waals surface area contributed by atoms with E-state index in [0.717, 1.165) is 21.6 Å². The van der Waals surface area contributed by atoms with E-state index in [1.54, 1.807) is 0 Å². The number of nitrogens with one attached hydrogen (secondary N) is 1. The van der Waals surface area contributed by atoms with E-state index in [0.29, 0.717) is 0 Å². The summed E-state index contributed by atoms with van der Waals surface area (Å²) in [4.78, 5) is 0. The van der Waals surface area contributed by atoms with Crippen LogP contribution in [0, 0.1) is 6.92 Å². The van der Waals surface area contributed by atoms with Crippen LogP contribution >= 0.6 is 27.5 Å². The first-order valence-electron chi connectivity index (χ1n) is 6.38. The SMILES string of the molecule is CCNC(c1ccccc1Cl)c1cccc(Br)c1C. The van der Waals surface area contributed by atoms with Gasteiger partial charge in [-0.25, -0.2) is 0 Å². The smallest absolute Gasteiger partial charge is 0.0594 e. The summed E-state index contributed by atoms with van der Waals surface area (Å²) >= 11 is 9.94. The molecular formula is C16H17BrClN. The Morgan fingerprint density at radius 1 is 1.11 bits per heavy atom. The largest absolute Gasteiger partial charge is 0.306 e. The van der Waals surface area contributed by atoms with Gasteiger partial charge < -0.3 is 5.32 Å². The first kappa shape index (κ1) is 14.6. The van der Waals surface area contributed by atoms with Crippen molar-refractivity contribution in [1.82, 2.24) is 5.32 Å². The van der Waals surface area contributed by atoms with E-state index in [1.807, 2.05) is 18.2 Å². The molecule has 0 aromatic heterocycles. The molecule has 0 saturated heterocycles. The van der Waals surface area contributed by atoms with E-state index in [9.17, 15) is 0 Å². The molecule has 100 valence electrons. The quantitative estimate of drug-likeness (QED) is 0.817. The van der Waals surface area contributed by atoms with Crippen molar-refractivity contribution in [3.63, 3.8) is 0 Å². The van der Waals surface area contributed by atoms with Gasteiger partial charge in [0.1, 0.15) is 0 Å². The van der Waals surface area contributed by atoms with Crippen LogP contribution in [0.15, 0.2) is 46.9 Å². The number of halogens is 2. The average molecular weight is 339 g/mol. The first-order chi connectivity index (χ1) is 9.15. The Morgan fingerprint density at radius 2 is 1.79 bits per heavy atom. The molecule has 1 N–H and O–H groups in total. The molecule has 0 aliphatic carbocycles. The van der Waals surface area contributed by atoms with Crippen LogP contribution in [-0.4, -0.2) is 6.54 Å². The van der Waals surface area contributed by atoms with Crippen molar-refractivity contribution in [2.75, 3.05) is 6.54 Å². The maximum atomic E-state index is 6.35. The van der Waals surface area contributed by atoms with Gasteiger partial charge in [0, 0.05) is 9.50 Å². The third-order valence-electron chi connectivity index (χ3n) is 3.25. The topological polar surface area (TPSA) is 12.0 Å². The highest BCUT2D eigenvalue weighted by molar-refractivity contribution is 9.10. The summed E-state index contributed by atoms with van der Waals surface area (Å²) in [5.74, 6) is 0. The molecule has 19 heavy (non-hydrogen) atoms. The molecule has 0 fully saturated rings. The van der Waals surface area contributed by atoms with Crippen molar-refractivity contribution in [1.29, 1.82) is 0 Å². The number of hydrogen-bond donors (Lipinski definition) is 1. The van der Waals surface area contributed by atoms with Gasteiger partial charge in [-0.05, 0) is 42.3 Å². The van der Waals surface area contributed by atoms with Gasteiger partial charge in [-0.3, -0.25) is 0 Å². The molecule has 2 rings (SSSR count). The van der Waals surface area contributed by atoms with E-state index in [4.69, 9.17) is 11.6 Å². The maximum absolute atomic E-state index is 6.35. The molecule has 0 bridgehead atoms. The third-order valence-corrected chi connectivity index (χ3v) is 4.45. The third kappa shape index (κ3) is 3.19. The second-order valence-corrected chi connectivity index (χ2v) is 5.73. The Balaban J connectivity index is 2.52. The molecule has 0 aliphatic heterocycles.